The van der Waals surface area contributed by atoms with E-state index in [2.05, 4.69) is 35.9 Å². The molecule has 3 heteroatoms. The second kappa shape index (κ2) is 6.88. The number of hydrogen-bond donors (Lipinski definition) is 1. The van der Waals surface area contributed by atoms with E-state index in [1.54, 1.807) is 0 Å². The van der Waals surface area contributed by atoms with Gasteiger partial charge < -0.3 is 5.32 Å². The number of nitrogens with one attached hydrogen (secondary N) is 1. The molecule has 0 spiro atoms. The molecular formula is C15H31N3. The fraction of sp³-hybridized carbons (Fsp3) is 1.00. The highest BCUT2D eigenvalue weighted by Crippen LogP contribution is 2.17. The Bertz CT molecular complexity index is 228. The first-order chi connectivity index (χ1) is 8.66. The van der Waals surface area contributed by atoms with Crippen molar-refractivity contribution in [2.24, 2.45) is 0 Å². The van der Waals surface area contributed by atoms with E-state index >= 15 is 0 Å². The fourth-order valence-electron chi connectivity index (χ4n) is 3.38. The van der Waals surface area contributed by atoms with Crippen molar-refractivity contribution in [2.75, 3.05) is 32.7 Å². The van der Waals surface area contributed by atoms with Crippen molar-refractivity contribution in [3.63, 3.8) is 0 Å². The smallest absolute Gasteiger partial charge is 0.0113 e. The van der Waals surface area contributed by atoms with E-state index in [1.165, 1.54) is 58.4 Å². The number of piperidine rings is 1. The molecule has 2 rings (SSSR count). The van der Waals surface area contributed by atoms with Gasteiger partial charge in [-0.2, -0.15) is 0 Å². The van der Waals surface area contributed by atoms with E-state index in [0.29, 0.717) is 6.04 Å². The van der Waals surface area contributed by atoms with Crippen molar-refractivity contribution in [1.82, 2.24) is 15.1 Å². The Hall–Kier alpha value is -0.120. The molecule has 1 N–H and O–H groups in total. The van der Waals surface area contributed by atoms with Gasteiger partial charge in [0.15, 0.2) is 0 Å². The number of rotatable bonds is 4. The highest BCUT2D eigenvalue weighted by Gasteiger charge is 2.24. The number of nitrogens with zero attached hydrogens (tertiary/aromatic N) is 2. The summed E-state index contributed by atoms with van der Waals surface area (Å²) in [4.78, 5) is 5.29. The van der Waals surface area contributed by atoms with Crippen LogP contribution in [0, 0.1) is 0 Å². The molecule has 2 unspecified atom stereocenters. The maximum Gasteiger partial charge on any atom is 0.0113 e. The van der Waals surface area contributed by atoms with Crippen LogP contribution in [0.5, 0.6) is 0 Å². The summed E-state index contributed by atoms with van der Waals surface area (Å²) in [5.74, 6) is 0. The fourth-order valence-corrected chi connectivity index (χ4v) is 3.38. The normalized spacial score (nSPS) is 29.7. The molecule has 0 aromatic carbocycles. The monoisotopic (exact) mass is 253 g/mol. The van der Waals surface area contributed by atoms with E-state index in [-0.39, 0.29) is 0 Å². The zero-order valence-electron chi connectivity index (χ0n) is 12.5. The van der Waals surface area contributed by atoms with E-state index < -0.39 is 0 Å². The molecular weight excluding hydrogens is 222 g/mol. The topological polar surface area (TPSA) is 18.5 Å². The van der Waals surface area contributed by atoms with Gasteiger partial charge in [-0.3, -0.25) is 9.80 Å². The number of piperazine rings is 1. The van der Waals surface area contributed by atoms with E-state index in [1.807, 2.05) is 0 Å². The second-order valence-corrected chi connectivity index (χ2v) is 6.40. The zero-order chi connectivity index (χ0) is 13.0. The summed E-state index contributed by atoms with van der Waals surface area (Å²) in [6.45, 7) is 13.3. The van der Waals surface area contributed by atoms with Gasteiger partial charge in [-0.1, -0.05) is 6.42 Å². The van der Waals surface area contributed by atoms with Crippen LogP contribution in [0.1, 0.15) is 46.5 Å². The third kappa shape index (κ3) is 3.94. The number of hydrogen-bond acceptors (Lipinski definition) is 3. The molecule has 0 bridgehead atoms. The highest BCUT2D eigenvalue weighted by molar-refractivity contribution is 4.82. The van der Waals surface area contributed by atoms with Crippen molar-refractivity contribution in [3.8, 4) is 0 Å². The second-order valence-electron chi connectivity index (χ2n) is 6.40. The maximum absolute atomic E-state index is 3.68. The summed E-state index contributed by atoms with van der Waals surface area (Å²) in [5.41, 5.74) is 0. The zero-order valence-corrected chi connectivity index (χ0v) is 12.5. The Kier molecular flexibility index (Phi) is 5.46. The average molecular weight is 253 g/mol. The summed E-state index contributed by atoms with van der Waals surface area (Å²) in [6, 6.07) is 2.23. The van der Waals surface area contributed by atoms with Gasteiger partial charge in [0.25, 0.3) is 0 Å². The molecule has 0 aromatic rings. The molecule has 2 aliphatic heterocycles. The summed E-state index contributed by atoms with van der Waals surface area (Å²) in [7, 11) is 0. The van der Waals surface area contributed by atoms with Crippen LogP contribution in [-0.4, -0.2) is 60.6 Å². The molecule has 0 aliphatic carbocycles. The first kappa shape index (κ1) is 14.3. The van der Waals surface area contributed by atoms with Crippen molar-refractivity contribution < 1.29 is 0 Å². The lowest BCUT2D eigenvalue weighted by molar-refractivity contribution is 0.0757. The molecule has 0 radical (unpaired) electrons. The minimum absolute atomic E-state index is 0.711. The van der Waals surface area contributed by atoms with Crippen molar-refractivity contribution in [1.29, 1.82) is 0 Å². The molecule has 2 heterocycles. The van der Waals surface area contributed by atoms with Gasteiger partial charge in [0.2, 0.25) is 0 Å². The molecule has 0 aromatic heterocycles. The van der Waals surface area contributed by atoms with Crippen LogP contribution >= 0.6 is 0 Å². The summed E-state index contributed by atoms with van der Waals surface area (Å²) in [6.07, 6.45) is 5.52. The first-order valence-electron chi connectivity index (χ1n) is 7.88. The van der Waals surface area contributed by atoms with Gasteiger partial charge in [-0.15, -0.1) is 0 Å². The highest BCUT2D eigenvalue weighted by atomic mass is 15.3. The van der Waals surface area contributed by atoms with Gasteiger partial charge >= 0.3 is 0 Å². The molecule has 2 saturated heterocycles. The molecule has 18 heavy (non-hydrogen) atoms. The quantitative estimate of drug-likeness (QED) is 0.826. The Labute approximate surface area is 113 Å². The molecule has 0 saturated carbocycles. The van der Waals surface area contributed by atoms with Crippen LogP contribution in [0.2, 0.25) is 0 Å². The molecule has 2 atom stereocenters. The van der Waals surface area contributed by atoms with E-state index in [4.69, 9.17) is 0 Å². The SMILES string of the molecule is CC(C)N1CCN(C(C)CC2CCCCN2)CC1. The van der Waals surface area contributed by atoms with Gasteiger partial charge in [-0.25, -0.2) is 0 Å². The standard InChI is InChI=1S/C15H31N3/c1-13(2)17-8-10-18(11-9-17)14(3)12-15-6-4-5-7-16-15/h13-16H,4-12H2,1-3H3. The predicted molar refractivity (Wildman–Crippen MR) is 78.0 cm³/mol. The summed E-state index contributed by atoms with van der Waals surface area (Å²) >= 11 is 0. The minimum Gasteiger partial charge on any atom is -0.314 e. The Morgan fingerprint density at radius 2 is 1.67 bits per heavy atom. The van der Waals surface area contributed by atoms with E-state index in [9.17, 15) is 0 Å². The lowest BCUT2D eigenvalue weighted by Crippen LogP contribution is -2.52. The van der Waals surface area contributed by atoms with Gasteiger partial charge in [0.05, 0.1) is 0 Å². The summed E-state index contributed by atoms with van der Waals surface area (Å²) < 4.78 is 0. The molecule has 2 fully saturated rings. The lowest BCUT2D eigenvalue weighted by Gasteiger charge is -2.41. The average Bonchev–Trinajstić information content (AvgIpc) is 2.40. The lowest BCUT2D eigenvalue weighted by atomic mass is 9.98. The molecule has 0 amide bonds. The van der Waals surface area contributed by atoms with Gasteiger partial charge in [0, 0.05) is 44.3 Å². The third-order valence-corrected chi connectivity index (χ3v) is 4.74. The minimum atomic E-state index is 0.711. The Morgan fingerprint density at radius 1 is 1.00 bits per heavy atom. The Balaban J connectivity index is 1.71. The Morgan fingerprint density at radius 3 is 2.22 bits per heavy atom. The van der Waals surface area contributed by atoms with Crippen LogP contribution in [0.4, 0.5) is 0 Å². The van der Waals surface area contributed by atoms with E-state index in [0.717, 1.165) is 12.1 Å². The largest absolute Gasteiger partial charge is 0.314 e. The van der Waals surface area contributed by atoms with Crippen LogP contribution in [-0.2, 0) is 0 Å². The van der Waals surface area contributed by atoms with Crippen molar-refractivity contribution >= 4 is 0 Å². The molecule has 2 aliphatic rings. The molecule has 3 nitrogen and oxygen atoms in total. The van der Waals surface area contributed by atoms with Crippen LogP contribution in [0.3, 0.4) is 0 Å². The third-order valence-electron chi connectivity index (χ3n) is 4.74. The first-order valence-corrected chi connectivity index (χ1v) is 7.88. The van der Waals surface area contributed by atoms with Gasteiger partial charge in [-0.05, 0) is 46.6 Å². The van der Waals surface area contributed by atoms with Crippen LogP contribution in [0.25, 0.3) is 0 Å². The van der Waals surface area contributed by atoms with Crippen LogP contribution < -0.4 is 5.32 Å². The summed E-state index contributed by atoms with van der Waals surface area (Å²) in [5, 5.41) is 3.68. The van der Waals surface area contributed by atoms with Crippen molar-refractivity contribution in [3.05, 3.63) is 0 Å². The van der Waals surface area contributed by atoms with Gasteiger partial charge in [0.1, 0.15) is 0 Å². The van der Waals surface area contributed by atoms with Crippen LogP contribution in [0.15, 0.2) is 0 Å². The predicted octanol–water partition coefficient (Wildman–Crippen LogP) is 1.93. The maximum atomic E-state index is 3.68. The molecule has 106 valence electrons. The van der Waals surface area contributed by atoms with Crippen molar-refractivity contribution in [2.45, 2.75) is 64.6 Å².